The molecule has 7 nitrogen and oxygen atoms in total. The molecule has 0 saturated heterocycles. The van der Waals surface area contributed by atoms with Crippen molar-refractivity contribution in [2.24, 2.45) is 0 Å². The molecule has 2 aromatic heterocycles. The minimum atomic E-state index is -0.344. The van der Waals surface area contributed by atoms with E-state index >= 15 is 0 Å². The van der Waals surface area contributed by atoms with Crippen molar-refractivity contribution in [3.05, 3.63) is 65.4 Å². The highest BCUT2D eigenvalue weighted by molar-refractivity contribution is 6.02. The predicted molar refractivity (Wildman–Crippen MR) is 101 cm³/mol. The van der Waals surface area contributed by atoms with Crippen LogP contribution in [0.3, 0.4) is 0 Å². The zero-order valence-electron chi connectivity index (χ0n) is 15.7. The highest BCUT2D eigenvalue weighted by Gasteiger charge is 2.13. The van der Waals surface area contributed by atoms with Gasteiger partial charge in [0.2, 0.25) is 0 Å². The maximum absolute atomic E-state index is 12.3. The van der Waals surface area contributed by atoms with Gasteiger partial charge in [-0.05, 0) is 56.2 Å². The summed E-state index contributed by atoms with van der Waals surface area (Å²) in [7, 11) is 0. The smallest absolute Gasteiger partial charge is 0.291 e. The number of anilines is 1. The number of carbonyl (C=O) groups is 1. The van der Waals surface area contributed by atoms with Crippen molar-refractivity contribution in [3.8, 4) is 5.75 Å². The van der Waals surface area contributed by atoms with Gasteiger partial charge in [0.1, 0.15) is 24.8 Å². The molecule has 27 heavy (non-hydrogen) atoms. The minimum Gasteiger partial charge on any atom is -0.486 e. The molecule has 1 amide bonds. The molecular formula is C20H23N3O4. The molecule has 0 aliphatic rings. The van der Waals surface area contributed by atoms with E-state index in [1.54, 1.807) is 29.2 Å². The normalized spacial score (nSPS) is 10.8. The summed E-state index contributed by atoms with van der Waals surface area (Å²) in [6.07, 6.45) is 3.25. The van der Waals surface area contributed by atoms with E-state index in [4.69, 9.17) is 13.9 Å². The van der Waals surface area contributed by atoms with Gasteiger partial charge in [0.15, 0.2) is 5.76 Å². The van der Waals surface area contributed by atoms with E-state index in [1.807, 2.05) is 32.0 Å². The second kappa shape index (κ2) is 8.55. The molecule has 0 unspecified atom stereocenters. The number of amides is 1. The number of hydrogen-bond acceptors (Lipinski definition) is 5. The number of ether oxygens (including phenoxy) is 2. The van der Waals surface area contributed by atoms with Gasteiger partial charge in [-0.3, -0.25) is 4.79 Å². The van der Waals surface area contributed by atoms with E-state index in [0.717, 1.165) is 11.3 Å². The molecule has 142 valence electrons. The molecule has 2 heterocycles. The average Bonchev–Trinajstić information content (AvgIpc) is 3.30. The highest BCUT2D eigenvalue weighted by Crippen LogP contribution is 2.19. The summed E-state index contributed by atoms with van der Waals surface area (Å²) < 4.78 is 18.2. The zero-order valence-corrected chi connectivity index (χ0v) is 15.7. The van der Waals surface area contributed by atoms with Crippen LogP contribution in [0.15, 0.2) is 47.1 Å². The molecule has 0 atom stereocenters. The standard InChI is InChI=1S/C20H23N3O4/c1-4-25-13-23-11-16(10-21-23)22-20(24)19-8-7-18(27-19)12-26-17-6-5-14(2)15(3)9-17/h5-11H,4,12-13H2,1-3H3,(H,22,24). The third-order valence-electron chi connectivity index (χ3n) is 4.06. The van der Waals surface area contributed by atoms with Gasteiger partial charge < -0.3 is 19.2 Å². The zero-order chi connectivity index (χ0) is 19.2. The molecular weight excluding hydrogens is 346 g/mol. The fraction of sp³-hybridized carbons (Fsp3) is 0.300. The SMILES string of the molecule is CCOCn1cc(NC(=O)c2ccc(COc3ccc(C)c(C)c3)o2)cn1. The Morgan fingerprint density at radius 2 is 2.07 bits per heavy atom. The number of nitrogens with zero attached hydrogens (tertiary/aromatic N) is 2. The second-order valence-electron chi connectivity index (χ2n) is 6.15. The number of furan rings is 1. The molecule has 3 rings (SSSR count). The van der Waals surface area contributed by atoms with Gasteiger partial charge in [0.05, 0.1) is 18.1 Å². The van der Waals surface area contributed by atoms with E-state index in [9.17, 15) is 4.79 Å². The summed E-state index contributed by atoms with van der Waals surface area (Å²) in [5, 5.41) is 6.85. The Balaban J connectivity index is 1.55. The van der Waals surface area contributed by atoms with Crippen LogP contribution in [-0.2, 0) is 18.1 Å². The van der Waals surface area contributed by atoms with E-state index in [2.05, 4.69) is 17.3 Å². The van der Waals surface area contributed by atoms with Crippen LogP contribution in [0, 0.1) is 13.8 Å². The van der Waals surface area contributed by atoms with Gasteiger partial charge in [0, 0.05) is 6.61 Å². The maximum Gasteiger partial charge on any atom is 0.291 e. The minimum absolute atomic E-state index is 0.214. The highest BCUT2D eigenvalue weighted by atomic mass is 16.5. The van der Waals surface area contributed by atoms with Crippen LogP contribution in [0.5, 0.6) is 5.75 Å². The average molecular weight is 369 g/mol. The van der Waals surface area contributed by atoms with Crippen LogP contribution < -0.4 is 10.1 Å². The predicted octanol–water partition coefficient (Wildman–Crippen LogP) is 3.92. The van der Waals surface area contributed by atoms with Crippen LogP contribution in [0.4, 0.5) is 5.69 Å². The van der Waals surface area contributed by atoms with Crippen molar-refractivity contribution < 1.29 is 18.7 Å². The number of benzene rings is 1. The van der Waals surface area contributed by atoms with E-state index < -0.39 is 0 Å². The number of rotatable bonds is 8. The third kappa shape index (κ3) is 4.98. The first-order valence-electron chi connectivity index (χ1n) is 8.75. The van der Waals surface area contributed by atoms with Gasteiger partial charge >= 0.3 is 0 Å². The first kappa shape index (κ1) is 18.7. The second-order valence-corrected chi connectivity index (χ2v) is 6.15. The van der Waals surface area contributed by atoms with Gasteiger partial charge in [0.25, 0.3) is 5.91 Å². The molecule has 3 aromatic rings. The molecule has 0 radical (unpaired) electrons. The number of carbonyl (C=O) groups excluding carboxylic acids is 1. The Labute approximate surface area is 157 Å². The van der Waals surface area contributed by atoms with Crippen molar-refractivity contribution in [2.45, 2.75) is 34.1 Å². The van der Waals surface area contributed by atoms with Gasteiger partial charge in [-0.1, -0.05) is 6.07 Å². The van der Waals surface area contributed by atoms with Crippen LogP contribution >= 0.6 is 0 Å². The first-order valence-corrected chi connectivity index (χ1v) is 8.75. The van der Waals surface area contributed by atoms with Crippen LogP contribution in [0.2, 0.25) is 0 Å². The fourth-order valence-electron chi connectivity index (χ4n) is 2.41. The molecule has 0 aliphatic carbocycles. The molecule has 1 aromatic carbocycles. The first-order chi connectivity index (χ1) is 13.0. The topological polar surface area (TPSA) is 78.5 Å². The number of hydrogen-bond donors (Lipinski definition) is 1. The molecule has 0 spiro atoms. The maximum atomic E-state index is 12.3. The lowest BCUT2D eigenvalue weighted by atomic mass is 10.1. The van der Waals surface area contributed by atoms with Crippen LogP contribution in [0.1, 0.15) is 34.4 Å². The Morgan fingerprint density at radius 3 is 2.85 bits per heavy atom. The summed E-state index contributed by atoms with van der Waals surface area (Å²) in [4.78, 5) is 12.3. The molecule has 7 heteroatoms. The van der Waals surface area contributed by atoms with Gasteiger partial charge in [-0.25, -0.2) is 4.68 Å². The fourth-order valence-corrected chi connectivity index (χ4v) is 2.41. The lowest BCUT2D eigenvalue weighted by molar-refractivity contribution is 0.0792. The molecule has 0 fully saturated rings. The lowest BCUT2D eigenvalue weighted by Gasteiger charge is -2.06. The Morgan fingerprint density at radius 1 is 1.22 bits per heavy atom. The number of nitrogens with one attached hydrogen (secondary N) is 1. The van der Waals surface area contributed by atoms with Crippen molar-refractivity contribution in [1.82, 2.24) is 9.78 Å². The third-order valence-corrected chi connectivity index (χ3v) is 4.06. The van der Waals surface area contributed by atoms with Crippen molar-refractivity contribution in [1.29, 1.82) is 0 Å². The molecule has 0 bridgehead atoms. The monoisotopic (exact) mass is 369 g/mol. The summed E-state index contributed by atoms with van der Waals surface area (Å²) in [6, 6.07) is 9.26. The van der Waals surface area contributed by atoms with Gasteiger partial charge in [-0.2, -0.15) is 5.10 Å². The molecule has 0 aliphatic heterocycles. The van der Waals surface area contributed by atoms with Crippen LogP contribution in [0.25, 0.3) is 0 Å². The molecule has 0 saturated carbocycles. The summed E-state index contributed by atoms with van der Waals surface area (Å²) in [5.41, 5.74) is 2.95. The number of aryl methyl sites for hydroxylation is 2. The summed E-state index contributed by atoms with van der Waals surface area (Å²) in [6.45, 7) is 7.19. The molecule has 1 N–H and O–H groups in total. The Bertz CT molecular complexity index is 914. The summed E-state index contributed by atoms with van der Waals surface area (Å²) >= 11 is 0. The van der Waals surface area contributed by atoms with E-state index in [1.165, 1.54) is 5.56 Å². The lowest BCUT2D eigenvalue weighted by Crippen LogP contribution is -2.10. The largest absolute Gasteiger partial charge is 0.486 e. The van der Waals surface area contributed by atoms with Crippen molar-refractivity contribution in [3.63, 3.8) is 0 Å². The Hall–Kier alpha value is -3.06. The van der Waals surface area contributed by atoms with Crippen LogP contribution in [-0.4, -0.2) is 22.3 Å². The van der Waals surface area contributed by atoms with Gasteiger partial charge in [-0.15, -0.1) is 0 Å². The van der Waals surface area contributed by atoms with Crippen molar-refractivity contribution in [2.75, 3.05) is 11.9 Å². The quantitative estimate of drug-likeness (QED) is 0.651. The summed E-state index contributed by atoms with van der Waals surface area (Å²) in [5.74, 6) is 1.21. The van der Waals surface area contributed by atoms with Crippen molar-refractivity contribution >= 4 is 11.6 Å². The Kier molecular flexibility index (Phi) is 5.93. The number of aromatic nitrogens is 2. The van der Waals surface area contributed by atoms with E-state index in [-0.39, 0.29) is 18.3 Å². The van der Waals surface area contributed by atoms with E-state index in [0.29, 0.717) is 24.8 Å².